The molecule has 0 aromatic heterocycles. The quantitative estimate of drug-likeness (QED) is 0.660. The molecule has 0 saturated heterocycles. The summed E-state index contributed by atoms with van der Waals surface area (Å²) in [6.45, 7) is 0. The summed E-state index contributed by atoms with van der Waals surface area (Å²) in [4.78, 5) is 0. The second-order valence-corrected chi connectivity index (χ2v) is 2.31. The molecule has 0 heterocycles. The Morgan fingerprint density at radius 2 is 1.78 bits per heavy atom. The number of phenolic OH excluding ortho intramolecular Hbond substituents is 1. The Balaban J connectivity index is 0.000000640. The number of rotatable bonds is 0. The molecule has 0 radical (unpaired) electrons. The van der Waals surface area contributed by atoms with Crippen molar-refractivity contribution in [3.05, 3.63) is 28.7 Å². The Bertz CT molecular complexity index is 167. The Hall–Kier alpha value is -0.540. The Morgan fingerprint density at radius 1 is 1.22 bits per heavy atom. The maximum Gasteiger partial charge on any atom is 0.129 e. The van der Waals surface area contributed by atoms with Crippen LogP contribution in [0, 0.1) is 0 Å². The second-order valence-electron chi connectivity index (χ2n) is 1.45. The van der Waals surface area contributed by atoms with Gasteiger partial charge in [0.15, 0.2) is 0 Å². The van der Waals surface area contributed by atoms with Crippen LogP contribution in [0.25, 0.3) is 0 Å². The first-order chi connectivity index (χ1) is 3.80. The van der Waals surface area contributed by atoms with Crippen LogP contribution in [0.15, 0.2) is 28.7 Å². The molecule has 50 valence electrons. The molecule has 3 N–H and O–H groups in total. The molecule has 0 atom stereocenters. The fourth-order valence-electron chi connectivity index (χ4n) is 0.452. The van der Waals surface area contributed by atoms with Gasteiger partial charge in [0.25, 0.3) is 0 Å². The lowest BCUT2D eigenvalue weighted by Crippen LogP contribution is -1.63. The van der Waals surface area contributed by atoms with Gasteiger partial charge in [-0.3, -0.25) is 0 Å². The zero-order valence-electron chi connectivity index (χ0n) is 4.63. The van der Waals surface area contributed by atoms with Gasteiger partial charge >= 0.3 is 0 Å². The van der Waals surface area contributed by atoms with Gasteiger partial charge in [0.2, 0.25) is 0 Å². The summed E-state index contributed by atoms with van der Waals surface area (Å²) < 4.78 is 0.736. The minimum atomic E-state index is 0. The van der Waals surface area contributed by atoms with Crippen LogP contribution in [-0.4, -0.2) is 10.6 Å². The summed E-state index contributed by atoms with van der Waals surface area (Å²) in [6.07, 6.45) is 0. The van der Waals surface area contributed by atoms with Gasteiger partial charge in [-0.05, 0) is 28.1 Å². The number of phenols is 1. The van der Waals surface area contributed by atoms with Gasteiger partial charge in [-0.2, -0.15) is 0 Å². The van der Waals surface area contributed by atoms with Crippen molar-refractivity contribution < 1.29 is 10.6 Å². The van der Waals surface area contributed by atoms with Crippen molar-refractivity contribution >= 4 is 15.9 Å². The van der Waals surface area contributed by atoms with Crippen molar-refractivity contribution in [3.63, 3.8) is 0 Å². The summed E-state index contributed by atoms with van der Waals surface area (Å²) in [7, 11) is 0. The highest BCUT2D eigenvalue weighted by Gasteiger charge is 1.89. The number of halogens is 1. The van der Waals surface area contributed by atoms with Crippen LogP contribution in [0.4, 0.5) is 0 Å². The number of hydrogen-bond acceptors (Lipinski definition) is 1. The van der Waals surface area contributed by atoms with Crippen LogP contribution < -0.4 is 0 Å². The monoisotopic (exact) mass is 190 g/mol. The molecule has 9 heavy (non-hydrogen) atoms. The summed E-state index contributed by atoms with van der Waals surface area (Å²) >= 11 is 3.15. The summed E-state index contributed by atoms with van der Waals surface area (Å²) in [6, 6.07) is 7.04. The molecule has 3 heteroatoms. The van der Waals surface area contributed by atoms with Crippen molar-refractivity contribution in [2.45, 2.75) is 0 Å². The van der Waals surface area contributed by atoms with Gasteiger partial charge in [-0.25, -0.2) is 0 Å². The van der Waals surface area contributed by atoms with Gasteiger partial charge in [0.1, 0.15) is 5.75 Å². The summed E-state index contributed by atoms with van der Waals surface area (Å²) in [5.74, 6) is 0.285. The van der Waals surface area contributed by atoms with E-state index in [0.29, 0.717) is 0 Å². The third-order valence-electron chi connectivity index (χ3n) is 0.852. The van der Waals surface area contributed by atoms with E-state index in [1.807, 2.05) is 6.07 Å². The summed E-state index contributed by atoms with van der Waals surface area (Å²) in [5.41, 5.74) is 0. The number of aromatic hydroxyl groups is 1. The molecule has 0 spiro atoms. The molecule has 1 aromatic carbocycles. The predicted octanol–water partition coefficient (Wildman–Crippen LogP) is 1.33. The van der Waals surface area contributed by atoms with Crippen LogP contribution in [-0.2, 0) is 0 Å². The molecule has 0 saturated carbocycles. The van der Waals surface area contributed by atoms with Crippen molar-refractivity contribution in [1.29, 1.82) is 0 Å². The fourth-order valence-corrected chi connectivity index (χ4v) is 0.737. The van der Waals surface area contributed by atoms with Crippen LogP contribution in [0.2, 0.25) is 0 Å². The number of para-hydroxylation sites is 1. The number of hydrogen-bond donors (Lipinski definition) is 1. The molecule has 0 aliphatic rings. The van der Waals surface area contributed by atoms with Gasteiger partial charge in [0.05, 0.1) is 4.47 Å². The fraction of sp³-hybridized carbons (Fsp3) is 0. The molecular formula is C6H7BrO2. The molecule has 0 bridgehead atoms. The normalized spacial score (nSPS) is 8.11. The molecule has 1 aromatic rings. The largest absolute Gasteiger partial charge is 0.507 e. The molecule has 0 unspecified atom stereocenters. The van der Waals surface area contributed by atoms with E-state index in [1.165, 1.54) is 0 Å². The smallest absolute Gasteiger partial charge is 0.129 e. The standard InChI is InChI=1S/C6H5BrO.H2O/c7-5-3-1-2-4-6(5)8;/h1-4,8H;1H2. The maximum atomic E-state index is 8.87. The van der Waals surface area contributed by atoms with E-state index in [9.17, 15) is 0 Å². The van der Waals surface area contributed by atoms with Crippen LogP contribution >= 0.6 is 15.9 Å². The second kappa shape index (κ2) is 3.48. The lowest BCUT2D eigenvalue weighted by molar-refractivity contribution is 0.472. The highest BCUT2D eigenvalue weighted by atomic mass is 79.9. The SMILES string of the molecule is O.Oc1ccccc1Br. The zero-order chi connectivity index (χ0) is 5.98. The molecule has 0 amide bonds. The third kappa shape index (κ3) is 2.03. The molecule has 0 aliphatic carbocycles. The Kier molecular flexibility index (Phi) is 3.27. The molecule has 1 rings (SSSR count). The lowest BCUT2D eigenvalue weighted by atomic mass is 10.3. The van der Waals surface area contributed by atoms with Gasteiger partial charge in [-0.1, -0.05) is 12.1 Å². The van der Waals surface area contributed by atoms with Crippen molar-refractivity contribution in [2.24, 2.45) is 0 Å². The molecule has 2 nitrogen and oxygen atoms in total. The predicted molar refractivity (Wildman–Crippen MR) is 39.4 cm³/mol. The lowest BCUT2D eigenvalue weighted by Gasteiger charge is -1.90. The Labute approximate surface area is 61.6 Å². The highest BCUT2D eigenvalue weighted by Crippen LogP contribution is 2.21. The van der Waals surface area contributed by atoms with Crippen LogP contribution in [0.3, 0.4) is 0 Å². The van der Waals surface area contributed by atoms with E-state index in [4.69, 9.17) is 5.11 Å². The third-order valence-corrected chi connectivity index (χ3v) is 1.52. The van der Waals surface area contributed by atoms with Gasteiger partial charge in [-0.15, -0.1) is 0 Å². The molecular weight excluding hydrogens is 184 g/mol. The summed E-state index contributed by atoms with van der Waals surface area (Å²) in [5, 5.41) is 8.87. The average molecular weight is 191 g/mol. The number of benzene rings is 1. The first-order valence-electron chi connectivity index (χ1n) is 2.24. The van der Waals surface area contributed by atoms with E-state index in [1.54, 1.807) is 18.2 Å². The van der Waals surface area contributed by atoms with Crippen molar-refractivity contribution in [2.75, 3.05) is 0 Å². The van der Waals surface area contributed by atoms with Crippen LogP contribution in [0.5, 0.6) is 5.75 Å². The maximum absolute atomic E-state index is 8.87. The van der Waals surface area contributed by atoms with E-state index in [2.05, 4.69) is 15.9 Å². The van der Waals surface area contributed by atoms with Crippen molar-refractivity contribution in [3.8, 4) is 5.75 Å². The average Bonchev–Trinajstić information content (AvgIpc) is 1.77. The molecule has 0 fully saturated rings. The van der Waals surface area contributed by atoms with Gasteiger partial charge < -0.3 is 10.6 Å². The highest BCUT2D eigenvalue weighted by molar-refractivity contribution is 9.10. The van der Waals surface area contributed by atoms with E-state index in [0.717, 1.165) is 4.47 Å². The van der Waals surface area contributed by atoms with E-state index >= 15 is 0 Å². The first-order valence-corrected chi connectivity index (χ1v) is 3.03. The van der Waals surface area contributed by atoms with Crippen LogP contribution in [0.1, 0.15) is 0 Å². The van der Waals surface area contributed by atoms with Gasteiger partial charge in [0, 0.05) is 0 Å². The molecule has 0 aliphatic heterocycles. The minimum absolute atomic E-state index is 0. The van der Waals surface area contributed by atoms with E-state index in [-0.39, 0.29) is 11.2 Å². The van der Waals surface area contributed by atoms with E-state index < -0.39 is 0 Å². The first kappa shape index (κ1) is 8.46. The van der Waals surface area contributed by atoms with Crippen molar-refractivity contribution in [1.82, 2.24) is 0 Å². The minimum Gasteiger partial charge on any atom is -0.507 e. The topological polar surface area (TPSA) is 51.7 Å². The zero-order valence-corrected chi connectivity index (χ0v) is 6.22. The Morgan fingerprint density at radius 3 is 2.11 bits per heavy atom.